The summed E-state index contributed by atoms with van der Waals surface area (Å²) < 4.78 is 0. The zero-order valence-electron chi connectivity index (χ0n) is 8.88. The van der Waals surface area contributed by atoms with Crippen LogP contribution < -0.4 is 0 Å². The maximum absolute atomic E-state index is 8.89. The molecule has 0 aromatic carbocycles. The molecule has 0 saturated carbocycles. The van der Waals surface area contributed by atoms with Gasteiger partial charge in [0.15, 0.2) is 0 Å². The summed E-state index contributed by atoms with van der Waals surface area (Å²) in [4.78, 5) is 2.39. The van der Waals surface area contributed by atoms with Gasteiger partial charge in [0.05, 0.1) is 0 Å². The number of hydrogen-bond donors (Lipinski definition) is 1. The van der Waals surface area contributed by atoms with Crippen LogP contribution in [-0.4, -0.2) is 36.2 Å². The first-order chi connectivity index (χ1) is 5.60. The smallest absolute Gasteiger partial charge is 0.0468 e. The fourth-order valence-electron chi connectivity index (χ4n) is 1.35. The minimum Gasteiger partial charge on any atom is -0.396 e. The summed E-state index contributed by atoms with van der Waals surface area (Å²) in [7, 11) is 0. The van der Waals surface area contributed by atoms with Crippen molar-refractivity contribution in [2.45, 2.75) is 27.7 Å². The third kappa shape index (κ3) is 5.56. The van der Waals surface area contributed by atoms with Gasteiger partial charge >= 0.3 is 0 Å². The van der Waals surface area contributed by atoms with E-state index in [1.54, 1.807) is 0 Å². The highest BCUT2D eigenvalue weighted by molar-refractivity contribution is 4.62. The van der Waals surface area contributed by atoms with E-state index >= 15 is 0 Å². The van der Waals surface area contributed by atoms with Crippen molar-refractivity contribution >= 4 is 0 Å². The summed E-state index contributed by atoms with van der Waals surface area (Å²) in [6, 6.07) is 0. The number of nitrogens with zero attached hydrogens (tertiary/aromatic N) is 1. The lowest BCUT2D eigenvalue weighted by atomic mass is 10.1. The van der Waals surface area contributed by atoms with Gasteiger partial charge in [-0.3, -0.25) is 0 Å². The van der Waals surface area contributed by atoms with Crippen molar-refractivity contribution in [3.05, 3.63) is 0 Å². The SMILES string of the molecule is CCN(CC(C)C)CC(C)CO. The highest BCUT2D eigenvalue weighted by Gasteiger charge is 2.08. The average molecular weight is 173 g/mol. The summed E-state index contributed by atoms with van der Waals surface area (Å²) in [5.74, 6) is 1.12. The minimum absolute atomic E-state index is 0.300. The molecule has 0 rings (SSSR count). The van der Waals surface area contributed by atoms with Gasteiger partial charge in [-0.05, 0) is 18.4 Å². The Balaban J connectivity index is 3.66. The van der Waals surface area contributed by atoms with Crippen molar-refractivity contribution in [2.24, 2.45) is 11.8 Å². The topological polar surface area (TPSA) is 23.5 Å². The molecular formula is C10H23NO. The Morgan fingerprint density at radius 1 is 1.17 bits per heavy atom. The molecule has 0 aromatic heterocycles. The van der Waals surface area contributed by atoms with E-state index in [0.717, 1.165) is 25.6 Å². The van der Waals surface area contributed by atoms with Gasteiger partial charge in [0.25, 0.3) is 0 Å². The molecule has 1 N–H and O–H groups in total. The molecule has 0 radical (unpaired) electrons. The molecule has 0 aromatic rings. The van der Waals surface area contributed by atoms with Crippen LogP contribution in [0, 0.1) is 11.8 Å². The first-order valence-corrected chi connectivity index (χ1v) is 4.93. The fourth-order valence-corrected chi connectivity index (χ4v) is 1.35. The highest BCUT2D eigenvalue weighted by Crippen LogP contribution is 2.02. The molecule has 0 aliphatic heterocycles. The van der Waals surface area contributed by atoms with E-state index in [0.29, 0.717) is 12.5 Å². The molecule has 0 aliphatic rings. The predicted molar refractivity (Wildman–Crippen MR) is 53.2 cm³/mol. The Kier molecular flexibility index (Phi) is 6.39. The van der Waals surface area contributed by atoms with Gasteiger partial charge in [-0.1, -0.05) is 27.7 Å². The van der Waals surface area contributed by atoms with Crippen LogP contribution in [0.1, 0.15) is 27.7 Å². The molecule has 0 bridgehead atoms. The molecular weight excluding hydrogens is 150 g/mol. The number of aliphatic hydroxyl groups excluding tert-OH is 1. The normalized spacial score (nSPS) is 14.2. The van der Waals surface area contributed by atoms with E-state index in [1.165, 1.54) is 0 Å². The van der Waals surface area contributed by atoms with Crippen LogP contribution in [0.15, 0.2) is 0 Å². The molecule has 0 aliphatic carbocycles. The lowest BCUT2D eigenvalue weighted by Gasteiger charge is -2.24. The second-order valence-corrected chi connectivity index (χ2v) is 4.03. The molecule has 1 atom stereocenters. The second-order valence-electron chi connectivity index (χ2n) is 4.03. The summed E-state index contributed by atoms with van der Waals surface area (Å²) in [6.07, 6.45) is 0. The average Bonchev–Trinajstić information content (AvgIpc) is 2.02. The van der Waals surface area contributed by atoms with Gasteiger partial charge in [0, 0.05) is 19.7 Å². The molecule has 2 heteroatoms. The zero-order valence-corrected chi connectivity index (χ0v) is 8.88. The first kappa shape index (κ1) is 11.9. The van der Waals surface area contributed by atoms with E-state index in [4.69, 9.17) is 5.11 Å². The first-order valence-electron chi connectivity index (χ1n) is 4.93. The molecule has 1 unspecified atom stereocenters. The Morgan fingerprint density at radius 3 is 2.08 bits per heavy atom. The molecule has 12 heavy (non-hydrogen) atoms. The Bertz CT molecular complexity index is 104. The van der Waals surface area contributed by atoms with Crippen LogP contribution in [0.2, 0.25) is 0 Å². The van der Waals surface area contributed by atoms with Crippen LogP contribution in [0.3, 0.4) is 0 Å². The van der Waals surface area contributed by atoms with Crippen LogP contribution >= 0.6 is 0 Å². The molecule has 74 valence electrons. The number of rotatable bonds is 6. The van der Waals surface area contributed by atoms with Crippen LogP contribution in [-0.2, 0) is 0 Å². The molecule has 0 spiro atoms. The van der Waals surface area contributed by atoms with Gasteiger partial charge in [-0.15, -0.1) is 0 Å². The van der Waals surface area contributed by atoms with Crippen molar-refractivity contribution < 1.29 is 5.11 Å². The van der Waals surface area contributed by atoms with Crippen LogP contribution in [0.4, 0.5) is 0 Å². The number of aliphatic hydroxyl groups is 1. The van der Waals surface area contributed by atoms with E-state index in [2.05, 4.69) is 32.6 Å². The third-order valence-electron chi connectivity index (χ3n) is 1.95. The lowest BCUT2D eigenvalue weighted by molar-refractivity contribution is 0.167. The molecule has 0 fully saturated rings. The maximum atomic E-state index is 8.89. The van der Waals surface area contributed by atoms with Crippen LogP contribution in [0.5, 0.6) is 0 Å². The van der Waals surface area contributed by atoms with Gasteiger partial charge in [0.2, 0.25) is 0 Å². The standard InChI is InChI=1S/C10H23NO/c1-5-11(6-9(2)3)7-10(4)8-12/h9-10,12H,5-8H2,1-4H3. The molecule has 0 amide bonds. The van der Waals surface area contributed by atoms with Crippen molar-refractivity contribution in [3.8, 4) is 0 Å². The summed E-state index contributed by atoms with van der Waals surface area (Å²) >= 11 is 0. The minimum atomic E-state index is 0.300. The van der Waals surface area contributed by atoms with Gasteiger partial charge in [0.1, 0.15) is 0 Å². The Morgan fingerprint density at radius 2 is 1.75 bits per heavy atom. The van der Waals surface area contributed by atoms with Crippen molar-refractivity contribution in [1.82, 2.24) is 4.90 Å². The van der Waals surface area contributed by atoms with E-state index in [9.17, 15) is 0 Å². The summed E-state index contributed by atoms with van der Waals surface area (Å²) in [5.41, 5.74) is 0. The Labute approximate surface area is 76.6 Å². The van der Waals surface area contributed by atoms with E-state index in [-0.39, 0.29) is 0 Å². The summed E-state index contributed by atoms with van der Waals surface area (Å²) in [6.45, 7) is 12.3. The molecule has 0 saturated heterocycles. The highest BCUT2D eigenvalue weighted by atomic mass is 16.3. The van der Waals surface area contributed by atoms with Crippen LogP contribution in [0.25, 0.3) is 0 Å². The van der Waals surface area contributed by atoms with Gasteiger partial charge in [-0.2, -0.15) is 0 Å². The van der Waals surface area contributed by atoms with E-state index < -0.39 is 0 Å². The van der Waals surface area contributed by atoms with Crippen molar-refractivity contribution in [3.63, 3.8) is 0 Å². The Hall–Kier alpha value is -0.0800. The quantitative estimate of drug-likeness (QED) is 0.659. The monoisotopic (exact) mass is 173 g/mol. The second kappa shape index (κ2) is 6.44. The van der Waals surface area contributed by atoms with Crippen molar-refractivity contribution in [1.29, 1.82) is 0 Å². The summed E-state index contributed by atoms with van der Waals surface area (Å²) in [5, 5.41) is 8.89. The lowest BCUT2D eigenvalue weighted by Crippen LogP contribution is -2.32. The van der Waals surface area contributed by atoms with Gasteiger partial charge < -0.3 is 10.0 Å². The molecule has 0 heterocycles. The largest absolute Gasteiger partial charge is 0.396 e. The molecule has 2 nitrogen and oxygen atoms in total. The maximum Gasteiger partial charge on any atom is 0.0468 e. The predicted octanol–water partition coefficient (Wildman–Crippen LogP) is 1.59. The van der Waals surface area contributed by atoms with Crippen molar-refractivity contribution in [2.75, 3.05) is 26.2 Å². The van der Waals surface area contributed by atoms with Gasteiger partial charge in [-0.25, -0.2) is 0 Å². The number of hydrogen-bond acceptors (Lipinski definition) is 2. The third-order valence-corrected chi connectivity index (χ3v) is 1.95. The zero-order chi connectivity index (χ0) is 9.56. The van der Waals surface area contributed by atoms with E-state index in [1.807, 2.05) is 0 Å². The fraction of sp³-hybridized carbons (Fsp3) is 1.00.